The number of para-hydroxylation sites is 2. The van der Waals surface area contributed by atoms with Gasteiger partial charge >= 0.3 is 6.03 Å². The summed E-state index contributed by atoms with van der Waals surface area (Å²) in [5, 5.41) is 3.00. The second kappa shape index (κ2) is 9.42. The van der Waals surface area contributed by atoms with Crippen molar-refractivity contribution in [1.82, 2.24) is 9.80 Å². The quantitative estimate of drug-likeness (QED) is 0.843. The minimum Gasteiger partial charge on any atom is -0.489 e. The van der Waals surface area contributed by atoms with Crippen LogP contribution in [-0.2, 0) is 6.42 Å². The van der Waals surface area contributed by atoms with Crippen LogP contribution < -0.4 is 10.1 Å². The molecule has 0 aromatic heterocycles. The number of carbonyl (C=O) groups is 1. The molecule has 27 heavy (non-hydrogen) atoms. The molecule has 1 aliphatic heterocycles. The SMILES string of the molecule is CC(C)Oc1ccccc1NC(=O)N1CCN(CCc2ccccc2)CC1. The van der Waals surface area contributed by atoms with Gasteiger partial charge in [-0.1, -0.05) is 42.5 Å². The Labute approximate surface area is 161 Å². The van der Waals surface area contributed by atoms with E-state index in [1.165, 1.54) is 5.56 Å². The molecule has 0 saturated carbocycles. The number of ether oxygens (including phenoxy) is 1. The number of benzene rings is 2. The molecule has 1 heterocycles. The van der Waals surface area contributed by atoms with Gasteiger partial charge in [-0.2, -0.15) is 0 Å². The van der Waals surface area contributed by atoms with Gasteiger partial charge in [-0.3, -0.25) is 4.90 Å². The maximum atomic E-state index is 12.6. The number of urea groups is 1. The summed E-state index contributed by atoms with van der Waals surface area (Å²) in [7, 11) is 0. The van der Waals surface area contributed by atoms with E-state index >= 15 is 0 Å². The molecule has 1 N–H and O–H groups in total. The number of carbonyl (C=O) groups excluding carboxylic acids is 1. The lowest BCUT2D eigenvalue weighted by Crippen LogP contribution is -2.50. The Hall–Kier alpha value is -2.53. The standard InChI is InChI=1S/C22H29N3O2/c1-18(2)27-21-11-7-6-10-20(21)23-22(26)25-16-14-24(15-17-25)13-12-19-8-4-3-5-9-19/h3-11,18H,12-17H2,1-2H3,(H,23,26). The van der Waals surface area contributed by atoms with E-state index in [0.717, 1.165) is 44.8 Å². The molecule has 2 aromatic rings. The predicted molar refractivity (Wildman–Crippen MR) is 109 cm³/mol. The summed E-state index contributed by atoms with van der Waals surface area (Å²) in [6, 6.07) is 18.1. The second-order valence-electron chi connectivity index (χ2n) is 7.16. The molecule has 0 spiro atoms. The van der Waals surface area contributed by atoms with Crippen LogP contribution in [0.25, 0.3) is 0 Å². The molecule has 5 nitrogen and oxygen atoms in total. The summed E-state index contributed by atoms with van der Waals surface area (Å²) >= 11 is 0. The van der Waals surface area contributed by atoms with Gasteiger partial charge in [0.1, 0.15) is 5.75 Å². The Morgan fingerprint density at radius 3 is 2.37 bits per heavy atom. The van der Waals surface area contributed by atoms with Crippen molar-refractivity contribution in [2.45, 2.75) is 26.4 Å². The zero-order valence-corrected chi connectivity index (χ0v) is 16.2. The number of nitrogens with one attached hydrogen (secondary N) is 1. The minimum absolute atomic E-state index is 0.0579. The topological polar surface area (TPSA) is 44.8 Å². The average Bonchev–Trinajstić information content (AvgIpc) is 2.69. The van der Waals surface area contributed by atoms with Crippen LogP contribution in [0, 0.1) is 0 Å². The summed E-state index contributed by atoms with van der Waals surface area (Å²) in [5.41, 5.74) is 2.09. The van der Waals surface area contributed by atoms with Crippen LogP contribution in [0.5, 0.6) is 5.75 Å². The van der Waals surface area contributed by atoms with Gasteiger partial charge in [0.15, 0.2) is 0 Å². The van der Waals surface area contributed by atoms with E-state index in [1.807, 2.05) is 49.1 Å². The first-order chi connectivity index (χ1) is 13.1. The number of amides is 2. The van der Waals surface area contributed by atoms with Crippen LogP contribution in [0.15, 0.2) is 54.6 Å². The zero-order valence-electron chi connectivity index (χ0n) is 16.2. The number of hydrogen-bond acceptors (Lipinski definition) is 3. The molecular formula is C22H29N3O2. The molecule has 0 radical (unpaired) electrons. The highest BCUT2D eigenvalue weighted by atomic mass is 16.5. The molecule has 0 unspecified atom stereocenters. The van der Waals surface area contributed by atoms with E-state index in [-0.39, 0.29) is 12.1 Å². The lowest BCUT2D eigenvalue weighted by Gasteiger charge is -2.34. The van der Waals surface area contributed by atoms with Crippen molar-refractivity contribution in [3.63, 3.8) is 0 Å². The van der Waals surface area contributed by atoms with Gasteiger partial charge in [0.05, 0.1) is 11.8 Å². The summed E-state index contributed by atoms with van der Waals surface area (Å²) in [5.74, 6) is 0.711. The third kappa shape index (κ3) is 5.73. The number of piperazine rings is 1. The molecule has 1 fully saturated rings. The average molecular weight is 367 g/mol. The van der Waals surface area contributed by atoms with Crippen molar-refractivity contribution in [3.8, 4) is 5.75 Å². The van der Waals surface area contributed by atoms with Crippen LogP contribution >= 0.6 is 0 Å². The van der Waals surface area contributed by atoms with Gasteiger partial charge in [-0.15, -0.1) is 0 Å². The summed E-state index contributed by atoms with van der Waals surface area (Å²) in [4.78, 5) is 16.9. The summed E-state index contributed by atoms with van der Waals surface area (Å²) < 4.78 is 5.78. The Morgan fingerprint density at radius 1 is 1.00 bits per heavy atom. The molecule has 1 aliphatic rings. The van der Waals surface area contributed by atoms with Crippen LogP contribution in [0.1, 0.15) is 19.4 Å². The molecule has 0 bridgehead atoms. The lowest BCUT2D eigenvalue weighted by molar-refractivity contribution is 0.148. The first kappa shape index (κ1) is 19.2. The molecular weight excluding hydrogens is 338 g/mol. The molecule has 0 atom stereocenters. The van der Waals surface area contributed by atoms with Gasteiger partial charge in [-0.25, -0.2) is 4.79 Å². The number of hydrogen-bond donors (Lipinski definition) is 1. The Balaban J connectivity index is 1.47. The third-order valence-corrected chi connectivity index (χ3v) is 4.71. The fraction of sp³-hybridized carbons (Fsp3) is 0.409. The highest BCUT2D eigenvalue weighted by Crippen LogP contribution is 2.25. The third-order valence-electron chi connectivity index (χ3n) is 4.71. The molecule has 1 saturated heterocycles. The normalized spacial score (nSPS) is 15.0. The lowest BCUT2D eigenvalue weighted by atomic mass is 10.1. The smallest absolute Gasteiger partial charge is 0.322 e. The van der Waals surface area contributed by atoms with Crippen molar-refractivity contribution in [2.24, 2.45) is 0 Å². The van der Waals surface area contributed by atoms with Crippen molar-refractivity contribution in [1.29, 1.82) is 0 Å². The van der Waals surface area contributed by atoms with E-state index in [2.05, 4.69) is 34.5 Å². The van der Waals surface area contributed by atoms with Gasteiger partial charge in [-0.05, 0) is 38.0 Å². The molecule has 144 valence electrons. The number of anilines is 1. The Bertz CT molecular complexity index is 725. The molecule has 5 heteroatoms. The first-order valence-electron chi connectivity index (χ1n) is 9.69. The molecule has 3 rings (SSSR count). The molecule has 2 aromatic carbocycles. The van der Waals surface area contributed by atoms with Crippen LogP contribution in [-0.4, -0.2) is 54.7 Å². The van der Waals surface area contributed by atoms with Crippen molar-refractivity contribution in [2.75, 3.05) is 38.0 Å². The predicted octanol–water partition coefficient (Wildman–Crippen LogP) is 3.87. The fourth-order valence-corrected chi connectivity index (χ4v) is 3.23. The van der Waals surface area contributed by atoms with Crippen LogP contribution in [0.4, 0.5) is 10.5 Å². The Kier molecular flexibility index (Phi) is 6.71. The first-order valence-corrected chi connectivity index (χ1v) is 9.69. The second-order valence-corrected chi connectivity index (χ2v) is 7.16. The number of rotatable bonds is 6. The molecule has 0 aliphatic carbocycles. The van der Waals surface area contributed by atoms with Gasteiger partial charge in [0, 0.05) is 32.7 Å². The van der Waals surface area contributed by atoms with E-state index in [9.17, 15) is 4.79 Å². The van der Waals surface area contributed by atoms with E-state index in [4.69, 9.17) is 4.74 Å². The Morgan fingerprint density at radius 2 is 1.67 bits per heavy atom. The fourth-order valence-electron chi connectivity index (χ4n) is 3.23. The summed E-state index contributed by atoms with van der Waals surface area (Å²) in [6.07, 6.45) is 1.11. The maximum absolute atomic E-state index is 12.6. The molecule has 2 amide bonds. The van der Waals surface area contributed by atoms with Gasteiger partial charge in [0.25, 0.3) is 0 Å². The van der Waals surface area contributed by atoms with E-state index in [1.54, 1.807) is 0 Å². The van der Waals surface area contributed by atoms with Crippen LogP contribution in [0.3, 0.4) is 0 Å². The maximum Gasteiger partial charge on any atom is 0.322 e. The highest BCUT2D eigenvalue weighted by Gasteiger charge is 2.21. The monoisotopic (exact) mass is 367 g/mol. The van der Waals surface area contributed by atoms with Gasteiger partial charge < -0.3 is 15.0 Å². The van der Waals surface area contributed by atoms with E-state index in [0.29, 0.717) is 5.75 Å². The minimum atomic E-state index is -0.0579. The largest absolute Gasteiger partial charge is 0.489 e. The van der Waals surface area contributed by atoms with Crippen molar-refractivity contribution in [3.05, 3.63) is 60.2 Å². The van der Waals surface area contributed by atoms with Crippen molar-refractivity contribution >= 4 is 11.7 Å². The van der Waals surface area contributed by atoms with Gasteiger partial charge in [0.2, 0.25) is 0 Å². The zero-order chi connectivity index (χ0) is 19.1. The van der Waals surface area contributed by atoms with E-state index < -0.39 is 0 Å². The van der Waals surface area contributed by atoms with Crippen LogP contribution in [0.2, 0.25) is 0 Å². The highest BCUT2D eigenvalue weighted by molar-refractivity contribution is 5.91. The summed E-state index contributed by atoms with van der Waals surface area (Å²) in [6.45, 7) is 8.29. The number of nitrogens with zero attached hydrogens (tertiary/aromatic N) is 2. The van der Waals surface area contributed by atoms with Crippen molar-refractivity contribution < 1.29 is 9.53 Å².